The minimum atomic E-state index is 0.0572. The Kier molecular flexibility index (Phi) is 4.51. The fourth-order valence-electron chi connectivity index (χ4n) is 2.40. The van der Waals surface area contributed by atoms with Crippen molar-refractivity contribution in [2.75, 3.05) is 6.54 Å². The number of nitrogens with zero attached hydrogens (tertiary/aromatic N) is 1. The Morgan fingerprint density at radius 3 is 2.90 bits per heavy atom. The molecule has 2 heterocycles. The molecular weight excluding hydrogens is 302 g/mol. The summed E-state index contributed by atoms with van der Waals surface area (Å²) in [5.74, 6) is 0. The molecule has 1 unspecified atom stereocenters. The number of pyridine rings is 1. The number of nitrogens with two attached hydrogens (primary N) is 1. The Bertz CT molecular complexity index is 727. The highest BCUT2D eigenvalue weighted by Crippen LogP contribution is 2.28. The molecule has 0 aliphatic heterocycles. The summed E-state index contributed by atoms with van der Waals surface area (Å²) in [6.45, 7) is 1.31. The summed E-state index contributed by atoms with van der Waals surface area (Å²) in [5, 5.41) is 7.26. The van der Waals surface area contributed by atoms with E-state index in [1.54, 1.807) is 17.5 Å². The van der Waals surface area contributed by atoms with Crippen LogP contribution in [-0.2, 0) is 6.54 Å². The van der Waals surface area contributed by atoms with E-state index in [2.05, 4.69) is 27.8 Å². The van der Waals surface area contributed by atoms with E-state index in [1.165, 1.54) is 4.88 Å². The average Bonchev–Trinajstić information content (AvgIpc) is 3.03. The molecule has 3 nitrogen and oxygen atoms in total. The van der Waals surface area contributed by atoms with Gasteiger partial charge in [0, 0.05) is 40.6 Å². The molecule has 0 aliphatic carbocycles. The second-order valence-corrected chi connectivity index (χ2v) is 6.22. The largest absolute Gasteiger partial charge is 0.329 e. The third kappa shape index (κ3) is 3.09. The fourth-order valence-corrected chi connectivity index (χ4v) is 3.27. The predicted octanol–water partition coefficient (Wildman–Crippen LogP) is 3.74. The smallest absolute Gasteiger partial charge is 0.0765 e. The lowest BCUT2D eigenvalue weighted by Gasteiger charge is -2.18. The van der Waals surface area contributed by atoms with Crippen LogP contribution in [0.25, 0.3) is 10.9 Å². The van der Waals surface area contributed by atoms with Crippen LogP contribution < -0.4 is 11.1 Å². The van der Waals surface area contributed by atoms with Gasteiger partial charge in [-0.2, -0.15) is 0 Å². The molecule has 0 saturated heterocycles. The van der Waals surface area contributed by atoms with Gasteiger partial charge >= 0.3 is 0 Å². The first-order valence-electron chi connectivity index (χ1n) is 6.78. The van der Waals surface area contributed by atoms with Crippen LogP contribution in [0.2, 0.25) is 5.02 Å². The monoisotopic (exact) mass is 317 g/mol. The molecule has 2 aromatic heterocycles. The highest BCUT2D eigenvalue weighted by Gasteiger charge is 2.14. The van der Waals surface area contributed by atoms with Crippen LogP contribution >= 0.6 is 22.9 Å². The van der Waals surface area contributed by atoms with Gasteiger partial charge in [0.2, 0.25) is 0 Å². The van der Waals surface area contributed by atoms with Gasteiger partial charge in [-0.1, -0.05) is 23.7 Å². The maximum atomic E-state index is 6.25. The molecule has 5 heteroatoms. The SMILES string of the molecule is NCC(NCc1cccs1)c1ccc(Cl)c2cccnc12. The molecule has 108 valence electrons. The average molecular weight is 318 g/mol. The molecule has 0 fully saturated rings. The molecule has 0 saturated carbocycles. The number of hydrogen-bond donors (Lipinski definition) is 2. The van der Waals surface area contributed by atoms with Crippen molar-refractivity contribution >= 4 is 33.8 Å². The van der Waals surface area contributed by atoms with Crippen LogP contribution in [0.5, 0.6) is 0 Å². The van der Waals surface area contributed by atoms with Crippen LogP contribution in [0.4, 0.5) is 0 Å². The number of hydrogen-bond acceptors (Lipinski definition) is 4. The van der Waals surface area contributed by atoms with Crippen molar-refractivity contribution in [3.8, 4) is 0 Å². The van der Waals surface area contributed by atoms with Crippen molar-refractivity contribution in [1.29, 1.82) is 0 Å². The number of rotatable bonds is 5. The molecule has 0 radical (unpaired) electrons. The molecule has 21 heavy (non-hydrogen) atoms. The van der Waals surface area contributed by atoms with Gasteiger partial charge in [0.1, 0.15) is 0 Å². The molecule has 0 aliphatic rings. The zero-order chi connectivity index (χ0) is 14.7. The van der Waals surface area contributed by atoms with E-state index in [0.29, 0.717) is 6.54 Å². The van der Waals surface area contributed by atoms with E-state index in [1.807, 2.05) is 24.3 Å². The van der Waals surface area contributed by atoms with Crippen molar-refractivity contribution in [2.45, 2.75) is 12.6 Å². The molecule has 0 bridgehead atoms. The summed E-state index contributed by atoms with van der Waals surface area (Å²) < 4.78 is 0. The zero-order valence-electron chi connectivity index (χ0n) is 11.4. The predicted molar refractivity (Wildman–Crippen MR) is 89.7 cm³/mol. The van der Waals surface area contributed by atoms with Crippen LogP contribution in [0, 0.1) is 0 Å². The second kappa shape index (κ2) is 6.54. The van der Waals surface area contributed by atoms with Crippen molar-refractivity contribution < 1.29 is 0 Å². The molecule has 1 atom stereocenters. The van der Waals surface area contributed by atoms with Crippen LogP contribution in [0.3, 0.4) is 0 Å². The van der Waals surface area contributed by atoms with Crippen LogP contribution in [0.1, 0.15) is 16.5 Å². The van der Waals surface area contributed by atoms with Crippen LogP contribution in [-0.4, -0.2) is 11.5 Å². The Morgan fingerprint density at radius 1 is 1.24 bits per heavy atom. The summed E-state index contributed by atoms with van der Waals surface area (Å²) in [7, 11) is 0. The fraction of sp³-hybridized carbons (Fsp3) is 0.188. The highest BCUT2D eigenvalue weighted by atomic mass is 35.5. The topological polar surface area (TPSA) is 50.9 Å². The number of aromatic nitrogens is 1. The first kappa shape index (κ1) is 14.5. The minimum Gasteiger partial charge on any atom is -0.329 e. The van der Waals surface area contributed by atoms with Gasteiger partial charge in [0.15, 0.2) is 0 Å². The maximum absolute atomic E-state index is 6.25. The Labute approximate surface area is 132 Å². The van der Waals surface area contributed by atoms with Gasteiger partial charge in [-0.25, -0.2) is 0 Å². The Hall–Kier alpha value is -1.46. The standard InChI is InChI=1S/C16H16ClN3S/c17-14-6-5-13(16-12(14)4-1-7-19-16)15(9-18)20-10-11-3-2-8-21-11/h1-8,15,20H,9-10,18H2. The zero-order valence-corrected chi connectivity index (χ0v) is 13.0. The second-order valence-electron chi connectivity index (χ2n) is 4.78. The van der Waals surface area contributed by atoms with Gasteiger partial charge in [0.25, 0.3) is 0 Å². The summed E-state index contributed by atoms with van der Waals surface area (Å²) in [4.78, 5) is 5.77. The van der Waals surface area contributed by atoms with Gasteiger partial charge in [-0.05, 0) is 35.2 Å². The van der Waals surface area contributed by atoms with E-state index in [4.69, 9.17) is 17.3 Å². The van der Waals surface area contributed by atoms with Crippen molar-refractivity contribution in [2.24, 2.45) is 5.73 Å². The molecule has 3 aromatic rings. The van der Waals surface area contributed by atoms with E-state index >= 15 is 0 Å². The lowest BCUT2D eigenvalue weighted by Crippen LogP contribution is -2.27. The summed E-state index contributed by atoms with van der Waals surface area (Å²) in [6, 6.07) is 12.0. The summed E-state index contributed by atoms with van der Waals surface area (Å²) in [5.41, 5.74) is 7.96. The van der Waals surface area contributed by atoms with Crippen LogP contribution in [0.15, 0.2) is 48.0 Å². The van der Waals surface area contributed by atoms with Crippen molar-refractivity contribution in [3.05, 3.63) is 63.4 Å². The van der Waals surface area contributed by atoms with Gasteiger partial charge in [-0.3, -0.25) is 4.98 Å². The van der Waals surface area contributed by atoms with Gasteiger partial charge in [-0.15, -0.1) is 11.3 Å². The lowest BCUT2D eigenvalue weighted by molar-refractivity contribution is 0.548. The highest BCUT2D eigenvalue weighted by molar-refractivity contribution is 7.09. The normalized spacial score (nSPS) is 12.7. The van der Waals surface area contributed by atoms with Gasteiger partial charge < -0.3 is 11.1 Å². The third-order valence-electron chi connectivity index (χ3n) is 3.46. The van der Waals surface area contributed by atoms with E-state index in [-0.39, 0.29) is 6.04 Å². The van der Waals surface area contributed by atoms with E-state index in [9.17, 15) is 0 Å². The summed E-state index contributed by atoms with van der Waals surface area (Å²) >= 11 is 7.98. The molecule has 0 amide bonds. The Balaban J connectivity index is 1.91. The van der Waals surface area contributed by atoms with E-state index in [0.717, 1.165) is 28.0 Å². The van der Waals surface area contributed by atoms with Gasteiger partial charge in [0.05, 0.1) is 5.52 Å². The first-order valence-corrected chi connectivity index (χ1v) is 8.04. The molecule has 1 aromatic carbocycles. The first-order chi connectivity index (χ1) is 10.3. The maximum Gasteiger partial charge on any atom is 0.0765 e. The quantitative estimate of drug-likeness (QED) is 0.753. The number of fused-ring (bicyclic) bond motifs is 1. The third-order valence-corrected chi connectivity index (χ3v) is 4.67. The van der Waals surface area contributed by atoms with Crippen molar-refractivity contribution in [1.82, 2.24) is 10.3 Å². The number of nitrogens with one attached hydrogen (secondary N) is 1. The summed E-state index contributed by atoms with van der Waals surface area (Å²) in [6.07, 6.45) is 1.79. The van der Waals surface area contributed by atoms with Crippen molar-refractivity contribution in [3.63, 3.8) is 0 Å². The number of benzene rings is 1. The molecule has 3 rings (SSSR count). The minimum absolute atomic E-state index is 0.0572. The number of halogens is 1. The Morgan fingerprint density at radius 2 is 2.14 bits per heavy atom. The van der Waals surface area contributed by atoms with E-state index < -0.39 is 0 Å². The lowest BCUT2D eigenvalue weighted by atomic mass is 10.0. The number of thiophene rings is 1. The molecule has 0 spiro atoms. The molecular formula is C16H16ClN3S. The molecule has 3 N–H and O–H groups in total.